The molecule has 4 rings (SSSR count). The minimum atomic E-state index is -1.07. The first kappa shape index (κ1) is 19.0. The average Bonchev–Trinajstić information content (AvgIpc) is 2.78. The van der Waals surface area contributed by atoms with Crippen molar-refractivity contribution >= 4 is 22.6 Å². The molecule has 3 aromatic carbocycles. The highest BCUT2D eigenvalue weighted by atomic mass is 16.5. The van der Waals surface area contributed by atoms with Gasteiger partial charge in [0.15, 0.2) is 0 Å². The van der Waals surface area contributed by atoms with Gasteiger partial charge in [-0.15, -0.1) is 0 Å². The maximum Gasteiger partial charge on any atom is 0.336 e. The van der Waals surface area contributed by atoms with Gasteiger partial charge < -0.3 is 9.84 Å². The number of hydrogen-bond donors (Lipinski definition) is 1. The van der Waals surface area contributed by atoms with Gasteiger partial charge in [0.05, 0.1) is 23.9 Å². The molecule has 1 N–H and O–H groups in total. The number of hydrogen-bond acceptors (Lipinski definition) is 4. The van der Waals surface area contributed by atoms with E-state index in [9.17, 15) is 9.90 Å². The van der Waals surface area contributed by atoms with Crippen molar-refractivity contribution < 1.29 is 14.6 Å². The lowest BCUT2D eigenvalue weighted by Gasteiger charge is -2.09. The Bertz CT molecular complexity index is 1290. The third-order valence-electron chi connectivity index (χ3n) is 4.79. The van der Waals surface area contributed by atoms with E-state index in [0.29, 0.717) is 22.3 Å². The number of rotatable bonds is 5. The second-order valence-corrected chi connectivity index (χ2v) is 6.56. The topological polar surface area (TPSA) is 108 Å². The van der Waals surface area contributed by atoms with Gasteiger partial charge in [0.1, 0.15) is 5.75 Å². The van der Waals surface area contributed by atoms with Gasteiger partial charge in [-0.3, -0.25) is 0 Å². The highest BCUT2D eigenvalue weighted by Crippen LogP contribution is 2.30. The summed E-state index contributed by atoms with van der Waals surface area (Å²) in [6.45, 7) is 0. The van der Waals surface area contributed by atoms with Crippen molar-refractivity contribution in [1.29, 1.82) is 0 Å². The molecule has 0 saturated heterocycles. The van der Waals surface area contributed by atoms with Crippen molar-refractivity contribution in [2.45, 2.75) is 0 Å². The Labute approximate surface area is 171 Å². The van der Waals surface area contributed by atoms with E-state index in [0.717, 1.165) is 22.4 Å². The highest BCUT2D eigenvalue weighted by Gasteiger charge is 2.13. The molecule has 0 unspecified atom stereocenters. The van der Waals surface area contributed by atoms with E-state index in [1.807, 2.05) is 48.5 Å². The van der Waals surface area contributed by atoms with E-state index in [2.05, 4.69) is 15.0 Å². The molecule has 0 bridgehead atoms. The molecule has 0 aliphatic heterocycles. The standard InChI is InChI=1S/C23H16N4O3/c1-30-18-9-6-15(7-10-18)14-2-4-16(5-3-14)22-13-20(23(28)29)19-12-17(26-27-24)8-11-21(19)25-22/h2-13H,1H3,(H,28,29). The summed E-state index contributed by atoms with van der Waals surface area (Å²) in [5, 5.41) is 13.6. The Balaban J connectivity index is 1.75. The van der Waals surface area contributed by atoms with Gasteiger partial charge in [-0.2, -0.15) is 0 Å². The van der Waals surface area contributed by atoms with Crippen molar-refractivity contribution in [2.75, 3.05) is 7.11 Å². The number of nitrogens with zero attached hydrogens (tertiary/aromatic N) is 4. The molecule has 7 heteroatoms. The Hall–Kier alpha value is -4.35. The fraction of sp³-hybridized carbons (Fsp3) is 0.0435. The first-order valence-electron chi connectivity index (χ1n) is 9.07. The van der Waals surface area contributed by atoms with Crippen LogP contribution in [0.2, 0.25) is 0 Å². The molecule has 146 valence electrons. The van der Waals surface area contributed by atoms with Gasteiger partial charge in [0.25, 0.3) is 0 Å². The predicted molar refractivity (Wildman–Crippen MR) is 115 cm³/mol. The third-order valence-corrected chi connectivity index (χ3v) is 4.79. The van der Waals surface area contributed by atoms with Gasteiger partial charge in [-0.1, -0.05) is 47.6 Å². The SMILES string of the molecule is COc1ccc(-c2ccc(-c3cc(C(=O)O)c4cc(N=[N+]=[N-])ccc4n3)cc2)cc1. The number of methoxy groups -OCH3 is 1. The molecule has 1 aromatic heterocycles. The summed E-state index contributed by atoms with van der Waals surface area (Å²) < 4.78 is 5.19. The summed E-state index contributed by atoms with van der Waals surface area (Å²) in [5.41, 5.74) is 13.0. The Morgan fingerprint density at radius 3 is 2.20 bits per heavy atom. The van der Waals surface area contributed by atoms with Gasteiger partial charge in [0.2, 0.25) is 0 Å². The lowest BCUT2D eigenvalue weighted by atomic mass is 10.0. The third kappa shape index (κ3) is 3.65. The zero-order valence-electron chi connectivity index (χ0n) is 16.0. The van der Waals surface area contributed by atoms with Gasteiger partial charge in [0, 0.05) is 21.5 Å². The lowest BCUT2D eigenvalue weighted by molar-refractivity contribution is 0.0699. The van der Waals surface area contributed by atoms with Gasteiger partial charge >= 0.3 is 5.97 Å². The largest absolute Gasteiger partial charge is 0.497 e. The van der Waals surface area contributed by atoms with E-state index < -0.39 is 5.97 Å². The average molecular weight is 396 g/mol. The lowest BCUT2D eigenvalue weighted by Crippen LogP contribution is -2.00. The summed E-state index contributed by atoms with van der Waals surface area (Å²) in [6, 6.07) is 21.8. The minimum Gasteiger partial charge on any atom is -0.497 e. The molecule has 30 heavy (non-hydrogen) atoms. The molecule has 0 spiro atoms. The zero-order chi connectivity index (χ0) is 21.1. The molecule has 0 fully saturated rings. The molecule has 0 atom stereocenters. The summed E-state index contributed by atoms with van der Waals surface area (Å²) in [5.74, 6) is -0.280. The Morgan fingerprint density at radius 1 is 0.967 bits per heavy atom. The van der Waals surface area contributed by atoms with Crippen LogP contribution in [0, 0.1) is 0 Å². The predicted octanol–water partition coefficient (Wildman–Crippen LogP) is 6.22. The molecule has 0 amide bonds. The van der Waals surface area contributed by atoms with Crippen LogP contribution in [-0.2, 0) is 0 Å². The Morgan fingerprint density at radius 2 is 1.60 bits per heavy atom. The number of fused-ring (bicyclic) bond motifs is 1. The number of azide groups is 1. The van der Waals surface area contributed by atoms with E-state index in [-0.39, 0.29) is 5.56 Å². The molecule has 0 radical (unpaired) electrons. The van der Waals surface area contributed by atoms with Crippen molar-refractivity contribution in [3.05, 3.63) is 88.8 Å². The van der Waals surface area contributed by atoms with E-state index >= 15 is 0 Å². The summed E-state index contributed by atoms with van der Waals surface area (Å²) in [7, 11) is 1.63. The number of benzene rings is 3. The molecule has 1 heterocycles. The van der Waals surface area contributed by atoms with Crippen molar-refractivity contribution in [1.82, 2.24) is 4.98 Å². The molecular weight excluding hydrogens is 380 g/mol. The number of carboxylic acid groups (broad SMARTS) is 1. The van der Waals surface area contributed by atoms with Gasteiger partial charge in [-0.05, 0) is 47.0 Å². The van der Waals surface area contributed by atoms with Crippen LogP contribution in [0.25, 0.3) is 43.7 Å². The fourth-order valence-electron chi connectivity index (χ4n) is 3.27. The van der Waals surface area contributed by atoms with Crippen LogP contribution in [0.3, 0.4) is 0 Å². The quantitative estimate of drug-likeness (QED) is 0.245. The molecular formula is C23H16N4O3. The molecule has 0 aliphatic carbocycles. The zero-order valence-corrected chi connectivity index (χ0v) is 16.0. The monoisotopic (exact) mass is 396 g/mol. The summed E-state index contributed by atoms with van der Waals surface area (Å²) in [6.07, 6.45) is 0. The molecule has 7 nitrogen and oxygen atoms in total. The van der Waals surface area contributed by atoms with Gasteiger partial charge in [-0.25, -0.2) is 9.78 Å². The van der Waals surface area contributed by atoms with Crippen LogP contribution in [0.1, 0.15) is 10.4 Å². The molecule has 4 aromatic rings. The first-order valence-corrected chi connectivity index (χ1v) is 9.07. The number of aromatic nitrogens is 1. The Kier molecular flexibility index (Phi) is 5.03. The fourth-order valence-corrected chi connectivity index (χ4v) is 3.27. The van der Waals surface area contributed by atoms with Crippen LogP contribution in [-0.4, -0.2) is 23.2 Å². The van der Waals surface area contributed by atoms with Crippen LogP contribution in [0.15, 0.2) is 77.9 Å². The number of carbonyl (C=O) groups is 1. The highest BCUT2D eigenvalue weighted by molar-refractivity contribution is 6.04. The maximum absolute atomic E-state index is 11.8. The summed E-state index contributed by atoms with van der Waals surface area (Å²) >= 11 is 0. The van der Waals surface area contributed by atoms with Crippen molar-refractivity contribution in [3.63, 3.8) is 0 Å². The summed E-state index contributed by atoms with van der Waals surface area (Å²) in [4.78, 5) is 19.2. The number of aromatic carboxylic acids is 1. The van der Waals surface area contributed by atoms with E-state index in [4.69, 9.17) is 10.3 Å². The number of carboxylic acids is 1. The maximum atomic E-state index is 11.8. The molecule has 0 aliphatic rings. The smallest absolute Gasteiger partial charge is 0.336 e. The van der Waals surface area contributed by atoms with Crippen molar-refractivity contribution in [3.8, 4) is 28.1 Å². The van der Waals surface area contributed by atoms with Crippen LogP contribution < -0.4 is 4.74 Å². The first-order chi connectivity index (χ1) is 14.6. The number of ether oxygens (including phenoxy) is 1. The van der Waals surface area contributed by atoms with E-state index in [1.54, 1.807) is 19.2 Å². The van der Waals surface area contributed by atoms with Crippen molar-refractivity contribution in [2.24, 2.45) is 5.11 Å². The normalized spacial score (nSPS) is 10.4. The van der Waals surface area contributed by atoms with E-state index in [1.165, 1.54) is 12.1 Å². The van der Waals surface area contributed by atoms with Crippen LogP contribution >= 0.6 is 0 Å². The second kappa shape index (κ2) is 7.95. The minimum absolute atomic E-state index is 0.101. The van der Waals surface area contributed by atoms with Crippen LogP contribution in [0.5, 0.6) is 5.75 Å². The van der Waals surface area contributed by atoms with Crippen LogP contribution in [0.4, 0.5) is 5.69 Å². The molecule has 0 saturated carbocycles. The second-order valence-electron chi connectivity index (χ2n) is 6.56. The number of pyridine rings is 1.